The monoisotopic (exact) mass is 565 g/mol. The van der Waals surface area contributed by atoms with Crippen LogP contribution in [0.25, 0.3) is 0 Å². The summed E-state index contributed by atoms with van der Waals surface area (Å²) in [6.45, 7) is 3.05. The molecule has 11 heteroatoms. The summed E-state index contributed by atoms with van der Waals surface area (Å²) in [6.07, 6.45) is 1.44. The molecule has 2 fully saturated rings. The lowest BCUT2D eigenvalue weighted by Crippen LogP contribution is -2.52. The van der Waals surface area contributed by atoms with E-state index in [1.807, 2.05) is 24.3 Å². The number of nitrogens with zero attached hydrogens (tertiary/aromatic N) is 3. The molecule has 0 bridgehead atoms. The number of anilines is 1. The molecule has 3 aliphatic heterocycles. The molecule has 2 aromatic rings. The number of methoxy groups -OCH3 is 2. The molecular formula is C30H35N3O8. The fourth-order valence-corrected chi connectivity index (χ4v) is 5.91. The molecule has 0 N–H and O–H groups in total. The van der Waals surface area contributed by atoms with Gasteiger partial charge in [-0.25, -0.2) is 9.59 Å². The third-order valence-electron chi connectivity index (χ3n) is 8.05. The van der Waals surface area contributed by atoms with Crippen molar-refractivity contribution in [2.45, 2.75) is 57.4 Å². The summed E-state index contributed by atoms with van der Waals surface area (Å²) < 4.78 is 22.0. The first-order chi connectivity index (χ1) is 19.8. The van der Waals surface area contributed by atoms with Gasteiger partial charge in [0.15, 0.2) is 0 Å². The predicted octanol–water partition coefficient (Wildman–Crippen LogP) is 3.39. The summed E-state index contributed by atoms with van der Waals surface area (Å²) >= 11 is 0. The van der Waals surface area contributed by atoms with Crippen LogP contribution in [0.15, 0.2) is 42.5 Å². The predicted molar refractivity (Wildman–Crippen MR) is 148 cm³/mol. The molecule has 3 heterocycles. The minimum Gasteiger partial charge on any atom is -0.496 e. The third kappa shape index (κ3) is 5.79. The number of likely N-dealkylation sites (tertiary alicyclic amines) is 2. The van der Waals surface area contributed by atoms with Crippen molar-refractivity contribution in [3.63, 3.8) is 0 Å². The molecule has 41 heavy (non-hydrogen) atoms. The number of esters is 1. The molecule has 3 amide bonds. The van der Waals surface area contributed by atoms with Crippen molar-refractivity contribution in [1.82, 2.24) is 9.80 Å². The fourth-order valence-electron chi connectivity index (χ4n) is 5.91. The van der Waals surface area contributed by atoms with E-state index >= 15 is 0 Å². The van der Waals surface area contributed by atoms with Crippen molar-refractivity contribution in [2.75, 3.05) is 38.8 Å². The Balaban J connectivity index is 1.23. The SMILES string of the molecule is COC(=O)[C@@H]1C[C@@H](Oc2ccc(C(=O)N3CCC(N4C(=O)OCc5ccccc54)CC3)c(OC)c2)CCN1C(C)=O. The lowest BCUT2D eigenvalue weighted by atomic mass is 9.99. The van der Waals surface area contributed by atoms with Gasteiger partial charge in [-0.2, -0.15) is 0 Å². The Labute approximate surface area is 238 Å². The van der Waals surface area contributed by atoms with E-state index in [0.717, 1.165) is 11.3 Å². The van der Waals surface area contributed by atoms with Crippen LogP contribution in [0.2, 0.25) is 0 Å². The second-order valence-electron chi connectivity index (χ2n) is 10.5. The molecule has 2 saturated heterocycles. The van der Waals surface area contributed by atoms with Crippen LogP contribution >= 0.6 is 0 Å². The van der Waals surface area contributed by atoms with Crippen molar-refractivity contribution in [1.29, 1.82) is 0 Å². The van der Waals surface area contributed by atoms with Gasteiger partial charge in [0, 0.05) is 57.1 Å². The highest BCUT2D eigenvalue weighted by atomic mass is 16.6. The number of carbonyl (C=O) groups is 4. The molecule has 0 aliphatic carbocycles. The molecule has 3 aliphatic rings. The molecule has 0 spiro atoms. The average Bonchev–Trinajstić information content (AvgIpc) is 3.00. The van der Waals surface area contributed by atoms with Gasteiger partial charge in [-0.1, -0.05) is 18.2 Å². The van der Waals surface area contributed by atoms with Gasteiger partial charge < -0.3 is 28.7 Å². The Kier molecular flexibility index (Phi) is 8.32. The number of para-hydroxylation sites is 1. The molecule has 0 saturated carbocycles. The number of piperidine rings is 2. The first-order valence-electron chi connectivity index (χ1n) is 13.8. The van der Waals surface area contributed by atoms with Gasteiger partial charge in [-0.05, 0) is 31.0 Å². The van der Waals surface area contributed by atoms with E-state index in [1.54, 1.807) is 28.0 Å². The van der Waals surface area contributed by atoms with Crippen LogP contribution in [0, 0.1) is 0 Å². The van der Waals surface area contributed by atoms with Crippen molar-refractivity contribution in [3.05, 3.63) is 53.6 Å². The summed E-state index contributed by atoms with van der Waals surface area (Å²) in [5.74, 6) is 0.0670. The largest absolute Gasteiger partial charge is 0.496 e. The first-order valence-corrected chi connectivity index (χ1v) is 13.8. The van der Waals surface area contributed by atoms with Crippen molar-refractivity contribution < 1.29 is 38.1 Å². The van der Waals surface area contributed by atoms with E-state index < -0.39 is 12.0 Å². The number of fused-ring (bicyclic) bond motifs is 1. The van der Waals surface area contributed by atoms with Crippen LogP contribution in [0.3, 0.4) is 0 Å². The third-order valence-corrected chi connectivity index (χ3v) is 8.05. The van der Waals surface area contributed by atoms with E-state index in [1.165, 1.54) is 26.0 Å². The molecule has 0 radical (unpaired) electrons. The highest BCUT2D eigenvalue weighted by Crippen LogP contribution is 2.33. The average molecular weight is 566 g/mol. The molecule has 11 nitrogen and oxygen atoms in total. The van der Waals surface area contributed by atoms with E-state index in [0.29, 0.717) is 62.4 Å². The second-order valence-corrected chi connectivity index (χ2v) is 10.5. The lowest BCUT2D eigenvalue weighted by Gasteiger charge is -2.40. The molecule has 0 aromatic heterocycles. The molecular weight excluding hydrogens is 530 g/mol. The van der Waals surface area contributed by atoms with Crippen molar-refractivity contribution >= 4 is 29.6 Å². The summed E-state index contributed by atoms with van der Waals surface area (Å²) in [4.78, 5) is 55.4. The lowest BCUT2D eigenvalue weighted by molar-refractivity contribution is -0.155. The Morgan fingerprint density at radius 1 is 0.976 bits per heavy atom. The van der Waals surface area contributed by atoms with Crippen LogP contribution in [-0.2, 0) is 25.7 Å². The number of hydrogen-bond donors (Lipinski definition) is 0. The Bertz CT molecular complexity index is 1320. The van der Waals surface area contributed by atoms with E-state index in [4.69, 9.17) is 18.9 Å². The topological polar surface area (TPSA) is 115 Å². The van der Waals surface area contributed by atoms with E-state index in [9.17, 15) is 19.2 Å². The fraction of sp³-hybridized carbons (Fsp3) is 0.467. The zero-order valence-electron chi connectivity index (χ0n) is 23.5. The number of rotatable bonds is 6. The maximum Gasteiger partial charge on any atom is 0.414 e. The second kappa shape index (κ2) is 12.1. The van der Waals surface area contributed by atoms with Crippen LogP contribution in [-0.4, -0.2) is 85.7 Å². The Morgan fingerprint density at radius 3 is 2.44 bits per heavy atom. The summed E-state index contributed by atoms with van der Waals surface area (Å²) in [5.41, 5.74) is 2.26. The van der Waals surface area contributed by atoms with Crippen LogP contribution in [0.4, 0.5) is 10.5 Å². The van der Waals surface area contributed by atoms with Gasteiger partial charge in [0.1, 0.15) is 30.3 Å². The van der Waals surface area contributed by atoms with Crippen LogP contribution in [0.5, 0.6) is 11.5 Å². The number of ether oxygens (including phenoxy) is 4. The highest BCUT2D eigenvalue weighted by Gasteiger charge is 2.38. The number of benzene rings is 2. The zero-order chi connectivity index (χ0) is 29.1. The number of carbonyl (C=O) groups excluding carboxylic acids is 4. The minimum absolute atomic E-state index is 0.0612. The highest BCUT2D eigenvalue weighted by molar-refractivity contribution is 5.97. The molecule has 2 atom stereocenters. The van der Waals surface area contributed by atoms with E-state index in [-0.39, 0.29) is 36.7 Å². The molecule has 218 valence electrons. The van der Waals surface area contributed by atoms with E-state index in [2.05, 4.69) is 0 Å². The maximum absolute atomic E-state index is 13.5. The maximum atomic E-state index is 13.5. The summed E-state index contributed by atoms with van der Waals surface area (Å²) in [6, 6.07) is 12.0. The standard InChI is InChI=1S/C30H35N3O8/c1-19(34)32-15-12-23(16-26(32)29(36)39-3)41-22-8-9-24(27(17-22)38-2)28(35)31-13-10-21(11-14-31)33-25-7-5-4-6-20(25)18-40-30(33)37/h4-9,17,21,23,26H,10-16,18H2,1-3H3/t23-,26-/m0/s1. The molecule has 0 unspecified atom stereocenters. The first kappa shape index (κ1) is 28.3. The van der Waals surface area contributed by atoms with Crippen molar-refractivity contribution in [3.8, 4) is 11.5 Å². The summed E-state index contributed by atoms with van der Waals surface area (Å²) in [5, 5.41) is 0. The molecule has 2 aromatic carbocycles. The number of hydrogen-bond acceptors (Lipinski definition) is 8. The van der Waals surface area contributed by atoms with Gasteiger partial charge in [-0.15, -0.1) is 0 Å². The minimum atomic E-state index is -0.706. The van der Waals surface area contributed by atoms with Gasteiger partial charge in [0.25, 0.3) is 5.91 Å². The summed E-state index contributed by atoms with van der Waals surface area (Å²) in [7, 11) is 2.80. The Hall–Kier alpha value is -4.28. The zero-order valence-corrected chi connectivity index (χ0v) is 23.5. The number of amides is 3. The van der Waals surface area contributed by atoms with Gasteiger partial charge >= 0.3 is 12.1 Å². The van der Waals surface area contributed by atoms with Crippen molar-refractivity contribution in [2.24, 2.45) is 0 Å². The van der Waals surface area contributed by atoms with Gasteiger partial charge in [0.2, 0.25) is 5.91 Å². The van der Waals surface area contributed by atoms with Gasteiger partial charge in [0.05, 0.1) is 25.5 Å². The van der Waals surface area contributed by atoms with Gasteiger partial charge in [-0.3, -0.25) is 14.5 Å². The van der Waals surface area contributed by atoms with Crippen LogP contribution < -0.4 is 14.4 Å². The van der Waals surface area contributed by atoms with Crippen LogP contribution in [0.1, 0.15) is 48.5 Å². The quantitative estimate of drug-likeness (QED) is 0.490. The Morgan fingerprint density at radius 2 is 1.73 bits per heavy atom. The smallest absolute Gasteiger partial charge is 0.414 e. The number of cyclic esters (lactones) is 1. The molecule has 5 rings (SSSR count). The normalized spacial score (nSPS) is 21.0.